The van der Waals surface area contributed by atoms with E-state index in [0.29, 0.717) is 0 Å². The van der Waals surface area contributed by atoms with Gasteiger partial charge < -0.3 is 10.6 Å². The highest BCUT2D eigenvalue weighted by Gasteiger charge is 2.19. The van der Waals surface area contributed by atoms with Gasteiger partial charge in [-0.1, -0.05) is 72.8 Å². The van der Waals surface area contributed by atoms with Crippen LogP contribution in [0.15, 0.2) is 90.6 Å². The first kappa shape index (κ1) is 19.9. The van der Waals surface area contributed by atoms with Gasteiger partial charge in [-0.15, -0.1) is 0 Å². The molecule has 0 unspecified atom stereocenters. The zero-order valence-electron chi connectivity index (χ0n) is 16.5. The molecule has 0 saturated heterocycles. The van der Waals surface area contributed by atoms with Crippen LogP contribution in [-0.4, -0.2) is 5.91 Å². The molecule has 3 rings (SSSR count). The van der Waals surface area contributed by atoms with E-state index in [1.165, 1.54) is 6.20 Å². The Bertz CT molecular complexity index is 1010. The van der Waals surface area contributed by atoms with Crippen LogP contribution in [0.2, 0.25) is 0 Å². The highest BCUT2D eigenvalue weighted by atomic mass is 16.1. The molecule has 0 radical (unpaired) electrons. The number of amides is 1. The van der Waals surface area contributed by atoms with Crippen molar-refractivity contribution in [3.05, 3.63) is 113 Å². The number of nitrogens with one attached hydrogen (secondary N) is 2. The van der Waals surface area contributed by atoms with Gasteiger partial charge in [-0.25, -0.2) is 0 Å². The predicted octanol–water partition coefficient (Wildman–Crippen LogP) is 5.03. The van der Waals surface area contributed by atoms with Crippen molar-refractivity contribution in [1.82, 2.24) is 5.32 Å². The van der Waals surface area contributed by atoms with Crippen LogP contribution in [0.3, 0.4) is 0 Å². The molecule has 144 valence electrons. The summed E-state index contributed by atoms with van der Waals surface area (Å²) in [6, 6.07) is 27.0. The molecule has 2 N–H and O–H groups in total. The summed E-state index contributed by atoms with van der Waals surface area (Å²) in [5.41, 5.74) is 5.00. The molecule has 0 heterocycles. The van der Waals surface area contributed by atoms with Crippen LogP contribution in [0.4, 0.5) is 5.69 Å². The molecule has 0 aliphatic rings. The van der Waals surface area contributed by atoms with Gasteiger partial charge in [0.25, 0.3) is 5.91 Å². The van der Waals surface area contributed by atoms with Crippen LogP contribution >= 0.6 is 0 Å². The Morgan fingerprint density at radius 2 is 1.48 bits per heavy atom. The molecule has 0 aromatic heterocycles. The predicted molar refractivity (Wildman–Crippen MR) is 116 cm³/mol. The van der Waals surface area contributed by atoms with E-state index in [2.05, 4.69) is 10.6 Å². The molecule has 0 aliphatic heterocycles. The second-order valence-electron chi connectivity index (χ2n) is 6.79. The largest absolute Gasteiger partial charge is 0.360 e. The lowest BCUT2D eigenvalue weighted by molar-refractivity contribution is -0.117. The second-order valence-corrected chi connectivity index (χ2v) is 6.79. The molecule has 0 atom stereocenters. The maximum atomic E-state index is 12.9. The van der Waals surface area contributed by atoms with Crippen molar-refractivity contribution < 1.29 is 4.79 Å². The third-order valence-electron chi connectivity index (χ3n) is 4.88. The van der Waals surface area contributed by atoms with E-state index in [1.807, 2.05) is 98.8 Å². The van der Waals surface area contributed by atoms with Gasteiger partial charge in [0.15, 0.2) is 0 Å². The van der Waals surface area contributed by atoms with Crippen LogP contribution in [0.1, 0.15) is 28.3 Å². The zero-order valence-corrected chi connectivity index (χ0v) is 16.5. The van der Waals surface area contributed by atoms with E-state index >= 15 is 0 Å². The number of rotatable bonds is 6. The summed E-state index contributed by atoms with van der Waals surface area (Å²) in [4.78, 5) is 12.9. The third-order valence-corrected chi connectivity index (χ3v) is 4.88. The van der Waals surface area contributed by atoms with E-state index in [0.717, 1.165) is 27.9 Å². The molecular weight excluding hydrogens is 358 g/mol. The number of nitrogens with zero attached hydrogens (tertiary/aromatic N) is 1. The Balaban J connectivity index is 1.84. The zero-order chi connectivity index (χ0) is 20.6. The topological polar surface area (TPSA) is 64.9 Å². The number of aryl methyl sites for hydroxylation is 1. The normalized spacial score (nSPS) is 11.0. The lowest BCUT2D eigenvalue weighted by atomic mass is 9.98. The molecule has 0 fully saturated rings. The molecule has 0 spiro atoms. The minimum atomic E-state index is -0.428. The number of carbonyl (C=O) groups is 1. The monoisotopic (exact) mass is 381 g/mol. The molecule has 4 heteroatoms. The van der Waals surface area contributed by atoms with Gasteiger partial charge in [-0.3, -0.25) is 4.79 Å². The summed E-state index contributed by atoms with van der Waals surface area (Å²) >= 11 is 0. The molecular formula is C25H23N3O. The highest BCUT2D eigenvalue weighted by molar-refractivity contribution is 5.98. The lowest BCUT2D eigenvalue weighted by Gasteiger charge is -2.19. The van der Waals surface area contributed by atoms with Crippen molar-refractivity contribution in [3.8, 4) is 6.07 Å². The average Bonchev–Trinajstić information content (AvgIpc) is 2.76. The number of benzene rings is 3. The summed E-state index contributed by atoms with van der Waals surface area (Å²) < 4.78 is 0. The van der Waals surface area contributed by atoms with Crippen molar-refractivity contribution >= 4 is 11.6 Å². The van der Waals surface area contributed by atoms with Crippen molar-refractivity contribution in [2.24, 2.45) is 0 Å². The summed E-state index contributed by atoms with van der Waals surface area (Å²) in [5, 5.41) is 15.6. The number of hydrogen-bond acceptors (Lipinski definition) is 3. The number of hydrogen-bond donors (Lipinski definition) is 2. The van der Waals surface area contributed by atoms with Crippen LogP contribution in [0.5, 0.6) is 0 Å². The fraction of sp³-hybridized carbons (Fsp3) is 0.120. The Labute approximate surface area is 171 Å². The lowest BCUT2D eigenvalue weighted by Crippen LogP contribution is -2.30. The number of nitriles is 1. The van der Waals surface area contributed by atoms with Crippen LogP contribution in [0.25, 0.3) is 0 Å². The SMILES string of the molecule is Cc1cccc(N/C=C(/C#N)C(=O)NC(c2ccccc2)c2ccccc2)c1C. The highest BCUT2D eigenvalue weighted by Crippen LogP contribution is 2.22. The fourth-order valence-corrected chi connectivity index (χ4v) is 3.06. The van der Waals surface area contributed by atoms with Crippen molar-refractivity contribution in [3.63, 3.8) is 0 Å². The van der Waals surface area contributed by atoms with E-state index in [1.54, 1.807) is 0 Å². The molecule has 29 heavy (non-hydrogen) atoms. The van der Waals surface area contributed by atoms with E-state index in [4.69, 9.17) is 0 Å². The van der Waals surface area contributed by atoms with Crippen LogP contribution < -0.4 is 10.6 Å². The van der Waals surface area contributed by atoms with Crippen molar-refractivity contribution in [1.29, 1.82) is 5.26 Å². The minimum Gasteiger partial charge on any atom is -0.360 e. The quantitative estimate of drug-likeness (QED) is 0.465. The van der Waals surface area contributed by atoms with Gasteiger partial charge in [0.1, 0.15) is 11.6 Å². The Hall–Kier alpha value is -3.84. The summed E-state index contributed by atoms with van der Waals surface area (Å²) in [5.74, 6) is -0.428. The minimum absolute atomic E-state index is 0.0165. The smallest absolute Gasteiger partial charge is 0.264 e. The van der Waals surface area contributed by atoms with Gasteiger partial charge in [-0.2, -0.15) is 5.26 Å². The van der Waals surface area contributed by atoms with Gasteiger partial charge in [0.2, 0.25) is 0 Å². The second kappa shape index (κ2) is 9.38. The maximum Gasteiger partial charge on any atom is 0.264 e. The average molecular weight is 381 g/mol. The van der Waals surface area contributed by atoms with Gasteiger partial charge in [0, 0.05) is 11.9 Å². The van der Waals surface area contributed by atoms with E-state index in [-0.39, 0.29) is 11.6 Å². The molecule has 3 aromatic carbocycles. The molecule has 1 amide bonds. The molecule has 0 bridgehead atoms. The first-order valence-electron chi connectivity index (χ1n) is 9.44. The number of anilines is 1. The molecule has 0 aliphatic carbocycles. The van der Waals surface area contributed by atoms with Crippen LogP contribution in [-0.2, 0) is 4.79 Å². The summed E-state index contributed by atoms with van der Waals surface area (Å²) in [6.45, 7) is 4.02. The van der Waals surface area contributed by atoms with E-state index < -0.39 is 5.91 Å². The van der Waals surface area contributed by atoms with E-state index in [9.17, 15) is 10.1 Å². The van der Waals surface area contributed by atoms with Gasteiger partial charge in [-0.05, 0) is 42.2 Å². The summed E-state index contributed by atoms with van der Waals surface area (Å²) in [7, 11) is 0. The summed E-state index contributed by atoms with van der Waals surface area (Å²) in [6.07, 6.45) is 1.46. The molecule has 3 aromatic rings. The maximum absolute atomic E-state index is 12.9. The first-order valence-corrected chi connectivity index (χ1v) is 9.44. The standard InChI is InChI=1S/C25H23N3O/c1-18-10-9-15-23(19(18)2)27-17-22(16-26)25(29)28-24(20-11-5-3-6-12-20)21-13-7-4-8-14-21/h3-15,17,24,27H,1-2H3,(H,28,29)/b22-17-. The first-order chi connectivity index (χ1) is 14.1. The van der Waals surface area contributed by atoms with Crippen LogP contribution in [0, 0.1) is 25.2 Å². The fourth-order valence-electron chi connectivity index (χ4n) is 3.06. The number of carbonyl (C=O) groups excluding carboxylic acids is 1. The molecule has 0 saturated carbocycles. The molecule has 4 nitrogen and oxygen atoms in total. The van der Waals surface area contributed by atoms with Crippen molar-refractivity contribution in [2.45, 2.75) is 19.9 Å². The Morgan fingerprint density at radius 3 is 2.03 bits per heavy atom. The van der Waals surface area contributed by atoms with Crippen molar-refractivity contribution in [2.75, 3.05) is 5.32 Å². The van der Waals surface area contributed by atoms with Gasteiger partial charge in [0.05, 0.1) is 6.04 Å². The van der Waals surface area contributed by atoms with Gasteiger partial charge >= 0.3 is 0 Å². The third kappa shape index (κ3) is 4.91. The Morgan fingerprint density at radius 1 is 0.897 bits per heavy atom. The Kier molecular flexibility index (Phi) is 6.44.